The van der Waals surface area contributed by atoms with Gasteiger partial charge in [-0.3, -0.25) is 0 Å². The van der Waals surface area contributed by atoms with Crippen LogP contribution in [0, 0.1) is 0 Å². The zero-order valence-electron chi connectivity index (χ0n) is 13.1. The molecule has 21 heavy (non-hydrogen) atoms. The van der Waals surface area contributed by atoms with Crippen molar-refractivity contribution in [1.29, 1.82) is 0 Å². The van der Waals surface area contributed by atoms with Gasteiger partial charge in [0.25, 0.3) is 0 Å². The molecule has 1 aromatic heterocycles. The minimum atomic E-state index is 0.254. The highest BCUT2D eigenvalue weighted by Crippen LogP contribution is 2.30. The average molecular weight is 287 g/mol. The maximum Gasteiger partial charge on any atom is 0.133 e. The molecule has 2 rings (SSSR count). The lowest BCUT2D eigenvalue weighted by molar-refractivity contribution is 0.394. The fourth-order valence-corrected chi connectivity index (χ4v) is 1.96. The van der Waals surface area contributed by atoms with Crippen LogP contribution in [-0.2, 0) is 0 Å². The van der Waals surface area contributed by atoms with E-state index >= 15 is 0 Å². The lowest BCUT2D eigenvalue weighted by Crippen LogP contribution is -2.03. The number of anilines is 1. The molecule has 0 spiro atoms. The molecule has 112 valence electrons. The quantitative estimate of drug-likeness (QED) is 0.914. The largest absolute Gasteiger partial charge is 0.497 e. The Bertz CT molecular complexity index is 605. The van der Waals surface area contributed by atoms with Crippen molar-refractivity contribution in [2.24, 2.45) is 0 Å². The first-order valence-electron chi connectivity index (χ1n) is 6.87. The van der Waals surface area contributed by atoms with E-state index < -0.39 is 0 Å². The topological polar surface area (TPSA) is 56.3 Å². The predicted molar refractivity (Wildman–Crippen MR) is 84.2 cm³/mol. The third-order valence-electron chi connectivity index (χ3n) is 3.16. The molecule has 0 atom stereocenters. The van der Waals surface area contributed by atoms with Gasteiger partial charge in [0.2, 0.25) is 0 Å². The fourth-order valence-electron chi connectivity index (χ4n) is 1.96. The Morgan fingerprint density at radius 3 is 2.05 bits per heavy atom. The second-order valence-corrected chi connectivity index (χ2v) is 5.00. The van der Waals surface area contributed by atoms with Gasteiger partial charge in [-0.1, -0.05) is 13.8 Å². The molecule has 1 heterocycles. The van der Waals surface area contributed by atoms with Crippen molar-refractivity contribution in [1.82, 2.24) is 9.97 Å². The van der Waals surface area contributed by atoms with Gasteiger partial charge >= 0.3 is 0 Å². The van der Waals surface area contributed by atoms with E-state index in [0.29, 0.717) is 0 Å². The molecule has 2 aromatic rings. The van der Waals surface area contributed by atoms with Crippen LogP contribution in [-0.4, -0.2) is 31.2 Å². The molecule has 0 radical (unpaired) electrons. The SMILES string of the molecule is CNc1cc(-c2cc(OC)cc(OC)c2)nc(C(C)C)n1. The Labute approximate surface area is 125 Å². The van der Waals surface area contributed by atoms with Crippen molar-refractivity contribution in [3.05, 3.63) is 30.1 Å². The van der Waals surface area contributed by atoms with Crippen LogP contribution < -0.4 is 14.8 Å². The molecule has 5 nitrogen and oxygen atoms in total. The molecular formula is C16H21N3O2. The number of rotatable bonds is 5. The minimum Gasteiger partial charge on any atom is -0.497 e. The van der Waals surface area contributed by atoms with Crippen LogP contribution in [0.25, 0.3) is 11.3 Å². The number of hydrogen-bond donors (Lipinski definition) is 1. The molecule has 0 aliphatic rings. The van der Waals surface area contributed by atoms with Crippen LogP contribution in [0.1, 0.15) is 25.6 Å². The van der Waals surface area contributed by atoms with Crippen LogP contribution in [0.15, 0.2) is 24.3 Å². The lowest BCUT2D eigenvalue weighted by Gasteiger charge is -2.12. The Morgan fingerprint density at radius 2 is 1.57 bits per heavy atom. The molecule has 0 unspecified atom stereocenters. The van der Waals surface area contributed by atoms with E-state index in [1.807, 2.05) is 31.3 Å². The van der Waals surface area contributed by atoms with Gasteiger partial charge < -0.3 is 14.8 Å². The third kappa shape index (κ3) is 3.42. The molecule has 0 saturated heterocycles. The molecule has 1 N–H and O–H groups in total. The summed E-state index contributed by atoms with van der Waals surface area (Å²) in [5.41, 5.74) is 1.78. The highest BCUT2D eigenvalue weighted by Gasteiger charge is 2.11. The Hall–Kier alpha value is -2.30. The van der Waals surface area contributed by atoms with Crippen molar-refractivity contribution in [2.75, 3.05) is 26.6 Å². The number of hydrogen-bond acceptors (Lipinski definition) is 5. The van der Waals surface area contributed by atoms with E-state index in [9.17, 15) is 0 Å². The Morgan fingerprint density at radius 1 is 0.952 bits per heavy atom. The first kappa shape index (κ1) is 15.1. The van der Waals surface area contributed by atoms with Crippen molar-refractivity contribution in [2.45, 2.75) is 19.8 Å². The first-order chi connectivity index (χ1) is 10.1. The summed E-state index contributed by atoms with van der Waals surface area (Å²) >= 11 is 0. The van der Waals surface area contributed by atoms with Crippen LogP contribution in [0.3, 0.4) is 0 Å². The number of nitrogens with zero attached hydrogens (tertiary/aromatic N) is 2. The maximum absolute atomic E-state index is 5.31. The summed E-state index contributed by atoms with van der Waals surface area (Å²) in [5.74, 6) is 3.33. The summed E-state index contributed by atoms with van der Waals surface area (Å²) in [4.78, 5) is 9.12. The second-order valence-electron chi connectivity index (χ2n) is 5.00. The summed E-state index contributed by atoms with van der Waals surface area (Å²) < 4.78 is 10.6. The van der Waals surface area contributed by atoms with Crippen molar-refractivity contribution < 1.29 is 9.47 Å². The average Bonchev–Trinajstić information content (AvgIpc) is 2.53. The van der Waals surface area contributed by atoms with Crippen molar-refractivity contribution >= 4 is 5.82 Å². The van der Waals surface area contributed by atoms with Crippen molar-refractivity contribution in [3.8, 4) is 22.8 Å². The number of aromatic nitrogens is 2. The Balaban J connectivity index is 2.57. The van der Waals surface area contributed by atoms with Gasteiger partial charge in [0, 0.05) is 30.7 Å². The smallest absolute Gasteiger partial charge is 0.133 e. The fraction of sp³-hybridized carbons (Fsp3) is 0.375. The third-order valence-corrected chi connectivity index (χ3v) is 3.16. The molecule has 0 bridgehead atoms. The lowest BCUT2D eigenvalue weighted by atomic mass is 10.1. The molecule has 0 saturated carbocycles. The van der Waals surface area contributed by atoms with Gasteiger partial charge in [-0.2, -0.15) is 0 Å². The zero-order chi connectivity index (χ0) is 15.4. The van der Waals surface area contributed by atoms with Gasteiger partial charge in [-0.15, -0.1) is 0 Å². The van der Waals surface area contributed by atoms with E-state index in [4.69, 9.17) is 9.47 Å². The maximum atomic E-state index is 5.31. The van der Waals surface area contributed by atoms with Crippen molar-refractivity contribution in [3.63, 3.8) is 0 Å². The molecule has 0 aliphatic carbocycles. The van der Waals surface area contributed by atoms with Gasteiger partial charge in [0.05, 0.1) is 19.9 Å². The van der Waals surface area contributed by atoms with E-state index in [1.54, 1.807) is 14.2 Å². The highest BCUT2D eigenvalue weighted by molar-refractivity contribution is 5.66. The van der Waals surface area contributed by atoms with Gasteiger partial charge in [0.15, 0.2) is 0 Å². The minimum absolute atomic E-state index is 0.254. The molecule has 0 aliphatic heterocycles. The van der Waals surface area contributed by atoms with E-state index in [1.165, 1.54) is 0 Å². The summed E-state index contributed by atoms with van der Waals surface area (Å²) in [5, 5.41) is 3.08. The number of methoxy groups -OCH3 is 2. The number of benzene rings is 1. The van der Waals surface area contributed by atoms with Gasteiger partial charge in [-0.25, -0.2) is 9.97 Å². The molecule has 1 aromatic carbocycles. The summed E-state index contributed by atoms with van der Waals surface area (Å²) in [6.07, 6.45) is 0. The number of ether oxygens (including phenoxy) is 2. The van der Waals surface area contributed by atoms with Gasteiger partial charge in [-0.05, 0) is 12.1 Å². The molecule has 5 heteroatoms. The summed E-state index contributed by atoms with van der Waals surface area (Å²) in [6, 6.07) is 7.63. The van der Waals surface area contributed by atoms with Crippen LogP contribution in [0.2, 0.25) is 0 Å². The molecule has 0 fully saturated rings. The van der Waals surface area contributed by atoms with E-state index in [-0.39, 0.29) is 5.92 Å². The number of nitrogens with one attached hydrogen (secondary N) is 1. The van der Waals surface area contributed by atoms with Gasteiger partial charge in [0.1, 0.15) is 23.1 Å². The Kier molecular flexibility index (Phi) is 4.62. The second kappa shape index (κ2) is 6.43. The van der Waals surface area contributed by atoms with Crippen LogP contribution in [0.5, 0.6) is 11.5 Å². The monoisotopic (exact) mass is 287 g/mol. The highest BCUT2D eigenvalue weighted by atomic mass is 16.5. The standard InChI is InChI=1S/C16H21N3O2/c1-10(2)16-18-14(9-15(17-3)19-16)11-6-12(20-4)8-13(7-11)21-5/h6-10H,1-5H3,(H,17,18,19). The summed E-state index contributed by atoms with van der Waals surface area (Å²) in [7, 11) is 5.12. The van der Waals surface area contributed by atoms with Crippen LogP contribution in [0.4, 0.5) is 5.82 Å². The van der Waals surface area contributed by atoms with E-state index in [2.05, 4.69) is 29.1 Å². The van der Waals surface area contributed by atoms with E-state index in [0.717, 1.165) is 34.4 Å². The normalized spacial score (nSPS) is 10.6. The first-order valence-corrected chi connectivity index (χ1v) is 6.87. The van der Waals surface area contributed by atoms with Crippen LogP contribution >= 0.6 is 0 Å². The molecular weight excluding hydrogens is 266 g/mol. The zero-order valence-corrected chi connectivity index (χ0v) is 13.1. The summed E-state index contributed by atoms with van der Waals surface area (Å²) in [6.45, 7) is 4.15. The molecule has 0 amide bonds. The predicted octanol–water partition coefficient (Wildman–Crippen LogP) is 3.33.